The minimum Gasteiger partial charge on any atom is -0.497 e. The first kappa shape index (κ1) is 9.85. The zero-order valence-corrected chi connectivity index (χ0v) is 9.96. The van der Waals surface area contributed by atoms with E-state index in [-0.39, 0.29) is 0 Å². The summed E-state index contributed by atoms with van der Waals surface area (Å²) >= 11 is 1.73. The fourth-order valence-corrected chi connectivity index (χ4v) is 2.63. The largest absolute Gasteiger partial charge is 0.497 e. The normalized spacial score (nSPS) is 15.1. The molecule has 0 saturated heterocycles. The molecule has 2 nitrogen and oxygen atoms in total. The summed E-state index contributed by atoms with van der Waals surface area (Å²) in [5.41, 5.74) is 2.45. The molecule has 0 unspecified atom stereocenters. The van der Waals surface area contributed by atoms with E-state index in [1.165, 1.54) is 24.1 Å². The van der Waals surface area contributed by atoms with Crippen molar-refractivity contribution in [1.82, 2.24) is 4.98 Å². The van der Waals surface area contributed by atoms with Gasteiger partial charge in [0, 0.05) is 16.9 Å². The summed E-state index contributed by atoms with van der Waals surface area (Å²) in [6.07, 6.45) is 2.62. The Morgan fingerprint density at radius 3 is 2.62 bits per heavy atom. The molecule has 1 heterocycles. The van der Waals surface area contributed by atoms with Gasteiger partial charge in [0.15, 0.2) is 0 Å². The van der Waals surface area contributed by atoms with Crippen molar-refractivity contribution in [3.05, 3.63) is 35.3 Å². The molecule has 1 saturated carbocycles. The fourth-order valence-electron chi connectivity index (χ4n) is 1.72. The Balaban J connectivity index is 1.88. The molecule has 1 aromatic carbocycles. The summed E-state index contributed by atoms with van der Waals surface area (Å²) in [5.74, 6) is 1.63. The lowest BCUT2D eigenvalue weighted by molar-refractivity contribution is 0.415. The third kappa shape index (κ3) is 1.83. The molecule has 0 radical (unpaired) electrons. The molecule has 0 aliphatic heterocycles. The summed E-state index contributed by atoms with van der Waals surface area (Å²) in [5, 5.41) is 3.31. The van der Waals surface area contributed by atoms with Gasteiger partial charge in [0.1, 0.15) is 10.8 Å². The van der Waals surface area contributed by atoms with Gasteiger partial charge in [-0.25, -0.2) is 4.98 Å². The summed E-state index contributed by atoms with van der Waals surface area (Å²) in [4.78, 5) is 4.68. The van der Waals surface area contributed by atoms with E-state index in [1.807, 2.05) is 12.1 Å². The molecule has 3 rings (SSSR count). The number of rotatable bonds is 3. The van der Waals surface area contributed by atoms with Gasteiger partial charge >= 0.3 is 0 Å². The molecule has 2 aromatic rings. The predicted molar refractivity (Wildman–Crippen MR) is 66.1 cm³/mol. The van der Waals surface area contributed by atoms with Crippen LogP contribution in [0.15, 0.2) is 29.6 Å². The van der Waals surface area contributed by atoms with E-state index in [0.717, 1.165) is 16.7 Å². The van der Waals surface area contributed by atoms with Crippen LogP contribution < -0.4 is 4.74 Å². The number of benzene rings is 1. The molecule has 0 spiro atoms. The van der Waals surface area contributed by atoms with Crippen molar-refractivity contribution in [2.75, 3.05) is 7.11 Å². The second kappa shape index (κ2) is 3.91. The molecular weight excluding hydrogens is 218 g/mol. The summed E-state index contributed by atoms with van der Waals surface area (Å²) < 4.78 is 5.14. The third-order valence-corrected chi connectivity index (χ3v) is 3.76. The molecule has 3 heteroatoms. The standard InChI is InChI=1S/C13H13NOS/c1-15-11-6-4-10(5-7-11)13-14-12(8-16-13)9-2-3-9/h4-9H,2-3H2,1H3. The average Bonchev–Trinajstić information content (AvgIpc) is 3.08. The van der Waals surface area contributed by atoms with E-state index < -0.39 is 0 Å². The Bertz CT molecular complexity index is 485. The first-order chi connectivity index (χ1) is 7.86. The first-order valence-corrected chi connectivity index (χ1v) is 6.34. The molecule has 1 aliphatic carbocycles. The zero-order chi connectivity index (χ0) is 11.0. The van der Waals surface area contributed by atoms with Crippen molar-refractivity contribution in [3.63, 3.8) is 0 Å². The lowest BCUT2D eigenvalue weighted by Gasteiger charge is -2.00. The van der Waals surface area contributed by atoms with Crippen LogP contribution in [0.4, 0.5) is 0 Å². The van der Waals surface area contributed by atoms with Crippen LogP contribution in [-0.4, -0.2) is 12.1 Å². The number of aromatic nitrogens is 1. The van der Waals surface area contributed by atoms with E-state index in [1.54, 1.807) is 18.4 Å². The Kier molecular flexibility index (Phi) is 2.40. The number of ether oxygens (including phenoxy) is 1. The van der Waals surface area contributed by atoms with Crippen molar-refractivity contribution < 1.29 is 4.74 Å². The first-order valence-electron chi connectivity index (χ1n) is 5.46. The van der Waals surface area contributed by atoms with Gasteiger partial charge in [-0.05, 0) is 37.1 Å². The van der Waals surface area contributed by atoms with E-state index in [9.17, 15) is 0 Å². The van der Waals surface area contributed by atoms with E-state index in [2.05, 4.69) is 22.5 Å². The second-order valence-corrected chi connectivity index (χ2v) is 4.94. The highest BCUT2D eigenvalue weighted by Gasteiger charge is 2.26. The van der Waals surface area contributed by atoms with Crippen molar-refractivity contribution in [2.45, 2.75) is 18.8 Å². The van der Waals surface area contributed by atoms with Crippen LogP contribution in [0.5, 0.6) is 5.75 Å². The van der Waals surface area contributed by atoms with Crippen LogP contribution in [0.25, 0.3) is 10.6 Å². The zero-order valence-electron chi connectivity index (χ0n) is 9.14. The van der Waals surface area contributed by atoms with Crippen LogP contribution in [0.1, 0.15) is 24.5 Å². The molecule has 16 heavy (non-hydrogen) atoms. The van der Waals surface area contributed by atoms with E-state index in [4.69, 9.17) is 4.74 Å². The molecule has 1 aliphatic rings. The number of nitrogens with zero attached hydrogens (tertiary/aromatic N) is 1. The molecule has 0 atom stereocenters. The van der Waals surface area contributed by atoms with Crippen molar-refractivity contribution in [1.29, 1.82) is 0 Å². The van der Waals surface area contributed by atoms with Gasteiger partial charge in [-0.3, -0.25) is 0 Å². The Morgan fingerprint density at radius 1 is 1.25 bits per heavy atom. The highest BCUT2D eigenvalue weighted by atomic mass is 32.1. The van der Waals surface area contributed by atoms with Crippen molar-refractivity contribution in [3.8, 4) is 16.3 Å². The lowest BCUT2D eigenvalue weighted by Crippen LogP contribution is -1.83. The van der Waals surface area contributed by atoms with Crippen LogP contribution in [0.2, 0.25) is 0 Å². The molecule has 0 bridgehead atoms. The molecule has 1 fully saturated rings. The third-order valence-electron chi connectivity index (χ3n) is 2.85. The summed E-state index contributed by atoms with van der Waals surface area (Å²) in [7, 11) is 1.68. The Hall–Kier alpha value is -1.35. The van der Waals surface area contributed by atoms with Crippen molar-refractivity contribution in [2.24, 2.45) is 0 Å². The van der Waals surface area contributed by atoms with Crippen LogP contribution in [0.3, 0.4) is 0 Å². The van der Waals surface area contributed by atoms with Gasteiger partial charge in [0.25, 0.3) is 0 Å². The maximum Gasteiger partial charge on any atom is 0.123 e. The van der Waals surface area contributed by atoms with Gasteiger partial charge in [-0.2, -0.15) is 0 Å². The Labute approximate surface area is 98.9 Å². The molecule has 0 N–H and O–H groups in total. The monoisotopic (exact) mass is 231 g/mol. The minimum absolute atomic E-state index is 0.739. The summed E-state index contributed by atoms with van der Waals surface area (Å²) in [6.45, 7) is 0. The molecular formula is C13H13NOS. The number of hydrogen-bond donors (Lipinski definition) is 0. The maximum absolute atomic E-state index is 5.14. The van der Waals surface area contributed by atoms with Gasteiger partial charge < -0.3 is 4.74 Å². The maximum atomic E-state index is 5.14. The lowest BCUT2D eigenvalue weighted by atomic mass is 10.2. The van der Waals surface area contributed by atoms with Gasteiger partial charge in [0.2, 0.25) is 0 Å². The quantitative estimate of drug-likeness (QED) is 0.803. The van der Waals surface area contributed by atoms with E-state index >= 15 is 0 Å². The minimum atomic E-state index is 0.739. The fraction of sp³-hybridized carbons (Fsp3) is 0.308. The molecule has 0 amide bonds. The van der Waals surface area contributed by atoms with Gasteiger partial charge in [-0.15, -0.1) is 11.3 Å². The van der Waals surface area contributed by atoms with Crippen LogP contribution in [-0.2, 0) is 0 Å². The van der Waals surface area contributed by atoms with Crippen LogP contribution in [0, 0.1) is 0 Å². The van der Waals surface area contributed by atoms with Gasteiger partial charge in [-0.1, -0.05) is 0 Å². The summed E-state index contributed by atoms with van der Waals surface area (Å²) in [6, 6.07) is 8.09. The topological polar surface area (TPSA) is 22.1 Å². The smallest absolute Gasteiger partial charge is 0.123 e. The highest BCUT2D eigenvalue weighted by molar-refractivity contribution is 7.13. The molecule has 1 aromatic heterocycles. The number of hydrogen-bond acceptors (Lipinski definition) is 3. The highest BCUT2D eigenvalue weighted by Crippen LogP contribution is 2.41. The second-order valence-electron chi connectivity index (χ2n) is 4.08. The average molecular weight is 231 g/mol. The number of thiazole rings is 1. The Morgan fingerprint density at radius 2 is 2.00 bits per heavy atom. The van der Waals surface area contributed by atoms with Crippen LogP contribution >= 0.6 is 11.3 Å². The SMILES string of the molecule is COc1ccc(-c2nc(C3CC3)cs2)cc1. The van der Waals surface area contributed by atoms with Gasteiger partial charge in [0.05, 0.1) is 12.8 Å². The molecule has 82 valence electrons. The predicted octanol–water partition coefficient (Wildman–Crippen LogP) is 3.70. The number of methoxy groups -OCH3 is 1. The van der Waals surface area contributed by atoms with E-state index in [0.29, 0.717) is 0 Å². The van der Waals surface area contributed by atoms with Crippen molar-refractivity contribution >= 4 is 11.3 Å².